The van der Waals surface area contributed by atoms with Gasteiger partial charge in [0.2, 0.25) is 0 Å². The Balaban J connectivity index is 3.03. The summed E-state index contributed by atoms with van der Waals surface area (Å²) in [5, 5.41) is 0. The van der Waals surface area contributed by atoms with Crippen molar-refractivity contribution in [2.45, 2.75) is 26.3 Å². The van der Waals surface area contributed by atoms with Crippen LogP contribution in [0.15, 0.2) is 0 Å². The topological polar surface area (TPSA) is 37.4 Å². The molecule has 0 aromatic heterocycles. The fraction of sp³-hybridized carbons (Fsp3) is 1.00. The smallest absolute Gasteiger partial charge is 0.251 e. The molecule has 1 aliphatic rings. The van der Waals surface area contributed by atoms with Gasteiger partial charge in [-0.15, -0.1) is 0 Å². The molecule has 0 aromatic carbocycles. The maximum absolute atomic E-state index is 11.5. The van der Waals surface area contributed by atoms with Crippen molar-refractivity contribution < 1.29 is 9.13 Å². The monoisotopic (exact) mass is 249 g/mol. The molecule has 0 spiro atoms. The minimum atomic E-state index is -2.91. The number of halogens is 2. The van der Waals surface area contributed by atoms with Crippen molar-refractivity contribution in [3.63, 3.8) is 0 Å². The molecule has 0 amide bonds. The fourth-order valence-electron chi connectivity index (χ4n) is 1.36. The first kappa shape index (κ1) is 11.1. The Kier molecular flexibility index (Phi) is 2.53. The Morgan fingerprint density at radius 1 is 1.17 bits per heavy atom. The SMILES string of the molecule is CC(C)(C)N1[P@@](=O)(Cl)C[P@@]1(=O)Cl. The van der Waals surface area contributed by atoms with E-state index in [2.05, 4.69) is 0 Å². The molecule has 7 heteroatoms. The number of hydrogen-bond acceptors (Lipinski definition) is 2. The van der Waals surface area contributed by atoms with Gasteiger partial charge in [-0.2, -0.15) is 4.44 Å². The van der Waals surface area contributed by atoms with E-state index in [1.807, 2.05) is 0 Å². The zero-order valence-corrected chi connectivity index (χ0v) is 10.4. The molecule has 0 aromatic rings. The van der Waals surface area contributed by atoms with Crippen molar-refractivity contribution in [3.8, 4) is 0 Å². The van der Waals surface area contributed by atoms with Crippen molar-refractivity contribution >= 4 is 35.8 Å². The van der Waals surface area contributed by atoms with Gasteiger partial charge in [-0.25, -0.2) is 0 Å². The molecular weight excluding hydrogens is 239 g/mol. The van der Waals surface area contributed by atoms with E-state index in [0.717, 1.165) is 0 Å². The summed E-state index contributed by atoms with van der Waals surface area (Å²) >= 11 is 11.3. The summed E-state index contributed by atoms with van der Waals surface area (Å²) in [6, 6.07) is 0. The summed E-state index contributed by atoms with van der Waals surface area (Å²) < 4.78 is 24.3. The van der Waals surface area contributed by atoms with E-state index in [-0.39, 0.29) is 5.90 Å². The minimum Gasteiger partial charge on any atom is -0.288 e. The molecule has 0 unspecified atom stereocenters. The predicted molar refractivity (Wildman–Crippen MR) is 53.4 cm³/mol. The standard InChI is InChI=1S/C5H11Cl2NO2P2/c1-5(2,3)8-11(6,9)4-12(8,7)10/h4H2,1-3H3/t11-,12+. The van der Waals surface area contributed by atoms with E-state index in [4.69, 9.17) is 22.5 Å². The molecule has 0 aliphatic carbocycles. The van der Waals surface area contributed by atoms with Crippen LogP contribution in [0.5, 0.6) is 0 Å². The average molecular weight is 250 g/mol. The van der Waals surface area contributed by atoms with Crippen molar-refractivity contribution in [2.24, 2.45) is 0 Å². The molecule has 0 radical (unpaired) electrons. The highest BCUT2D eigenvalue weighted by molar-refractivity contribution is 8.13. The van der Waals surface area contributed by atoms with Crippen molar-refractivity contribution in [1.82, 2.24) is 4.44 Å². The molecule has 1 fully saturated rings. The van der Waals surface area contributed by atoms with Crippen LogP contribution in [0.3, 0.4) is 0 Å². The second-order valence-corrected chi connectivity index (χ2v) is 11.7. The van der Waals surface area contributed by atoms with Gasteiger partial charge in [-0.3, -0.25) is 9.13 Å². The van der Waals surface area contributed by atoms with Crippen LogP contribution in [0.25, 0.3) is 0 Å². The predicted octanol–water partition coefficient (Wildman–Crippen LogP) is 3.92. The van der Waals surface area contributed by atoms with Crippen LogP contribution in [0.2, 0.25) is 0 Å². The van der Waals surface area contributed by atoms with Crippen LogP contribution >= 0.6 is 35.8 Å². The van der Waals surface area contributed by atoms with Gasteiger partial charge in [0, 0.05) is 5.54 Å². The molecule has 3 nitrogen and oxygen atoms in total. The number of nitrogens with zero attached hydrogens (tertiary/aromatic N) is 1. The summed E-state index contributed by atoms with van der Waals surface area (Å²) in [5.74, 6) is -0.0552. The third-order valence-corrected chi connectivity index (χ3v) is 11.8. The highest BCUT2D eigenvalue weighted by Gasteiger charge is 2.59. The molecule has 72 valence electrons. The highest BCUT2D eigenvalue weighted by Crippen LogP contribution is 2.88. The first-order valence-electron chi connectivity index (χ1n) is 3.46. The van der Waals surface area contributed by atoms with Crippen LogP contribution in [0, 0.1) is 0 Å². The molecule has 0 N–H and O–H groups in total. The molecular formula is C5H11Cl2NO2P2. The van der Waals surface area contributed by atoms with Gasteiger partial charge in [0.15, 0.2) is 0 Å². The zero-order chi connectivity index (χ0) is 9.78. The quantitative estimate of drug-likeness (QED) is 0.611. The normalized spacial score (nSPS) is 44.1. The fourth-order valence-corrected chi connectivity index (χ4v) is 13.6. The Morgan fingerprint density at radius 2 is 1.50 bits per heavy atom. The molecule has 1 heterocycles. The number of rotatable bonds is 0. The van der Waals surface area contributed by atoms with Crippen LogP contribution in [0.1, 0.15) is 20.8 Å². The minimum absolute atomic E-state index is 0.0552. The molecule has 1 saturated heterocycles. The largest absolute Gasteiger partial charge is 0.288 e. The Bertz CT molecular complexity index is 276. The van der Waals surface area contributed by atoms with E-state index in [1.165, 1.54) is 4.44 Å². The van der Waals surface area contributed by atoms with Crippen molar-refractivity contribution in [3.05, 3.63) is 0 Å². The first-order valence-corrected chi connectivity index (χ1v) is 8.96. The molecule has 0 bridgehead atoms. The lowest BCUT2D eigenvalue weighted by molar-refractivity contribution is 0.348. The van der Waals surface area contributed by atoms with Crippen LogP contribution in [-0.2, 0) is 9.13 Å². The lowest BCUT2D eigenvalue weighted by Gasteiger charge is -2.47. The summed E-state index contributed by atoms with van der Waals surface area (Å²) in [7, 11) is 0. The van der Waals surface area contributed by atoms with E-state index < -0.39 is 18.8 Å². The summed E-state index contributed by atoms with van der Waals surface area (Å²) in [6.07, 6.45) is 0. The van der Waals surface area contributed by atoms with Gasteiger partial charge in [0.05, 0.1) is 0 Å². The number of hydrogen-bond donors (Lipinski definition) is 0. The molecule has 1 aliphatic heterocycles. The van der Waals surface area contributed by atoms with E-state index in [9.17, 15) is 9.13 Å². The molecule has 1 rings (SSSR count). The van der Waals surface area contributed by atoms with Crippen LogP contribution < -0.4 is 0 Å². The van der Waals surface area contributed by atoms with Gasteiger partial charge in [0.25, 0.3) is 13.3 Å². The molecule has 12 heavy (non-hydrogen) atoms. The lowest BCUT2D eigenvalue weighted by atomic mass is 10.1. The lowest BCUT2D eigenvalue weighted by Crippen LogP contribution is -2.40. The first-order chi connectivity index (χ1) is 5.07. The van der Waals surface area contributed by atoms with Crippen molar-refractivity contribution in [1.29, 1.82) is 0 Å². The highest BCUT2D eigenvalue weighted by atomic mass is 35.7. The van der Waals surface area contributed by atoms with Crippen LogP contribution in [0.4, 0.5) is 0 Å². The van der Waals surface area contributed by atoms with Crippen LogP contribution in [-0.4, -0.2) is 15.9 Å². The Morgan fingerprint density at radius 3 is 1.58 bits per heavy atom. The average Bonchev–Trinajstić information content (AvgIpc) is 1.48. The van der Waals surface area contributed by atoms with E-state index in [1.54, 1.807) is 20.8 Å². The van der Waals surface area contributed by atoms with E-state index >= 15 is 0 Å². The third-order valence-electron chi connectivity index (χ3n) is 1.51. The molecule has 0 saturated carbocycles. The summed E-state index contributed by atoms with van der Waals surface area (Å²) in [6.45, 7) is -0.454. The van der Waals surface area contributed by atoms with Gasteiger partial charge in [-0.05, 0) is 43.3 Å². The maximum Gasteiger partial charge on any atom is 0.251 e. The Hall–Kier alpha value is 1.00. The van der Waals surface area contributed by atoms with Gasteiger partial charge < -0.3 is 0 Å². The van der Waals surface area contributed by atoms with E-state index in [0.29, 0.717) is 0 Å². The third kappa shape index (κ3) is 1.76. The molecule has 2 atom stereocenters. The van der Waals surface area contributed by atoms with Crippen molar-refractivity contribution in [2.75, 3.05) is 5.90 Å². The maximum atomic E-state index is 11.5. The second kappa shape index (κ2) is 2.74. The second-order valence-electron chi connectivity index (χ2n) is 3.83. The van der Waals surface area contributed by atoms with Gasteiger partial charge in [-0.1, -0.05) is 0 Å². The summed E-state index contributed by atoms with van der Waals surface area (Å²) in [5.41, 5.74) is -0.493. The summed E-state index contributed by atoms with van der Waals surface area (Å²) in [4.78, 5) is 0. The van der Waals surface area contributed by atoms with Gasteiger partial charge in [0.1, 0.15) is 5.90 Å². The Labute approximate surface area is 81.8 Å². The zero-order valence-electron chi connectivity index (χ0n) is 7.12. The van der Waals surface area contributed by atoms with Gasteiger partial charge >= 0.3 is 0 Å².